The number of rotatable bonds is 6. The van der Waals surface area contributed by atoms with E-state index in [1.54, 1.807) is 14.0 Å². The zero-order valence-electron chi connectivity index (χ0n) is 12.1. The number of ether oxygens (including phenoxy) is 1. The second-order valence-corrected chi connectivity index (χ2v) is 5.36. The maximum Gasteiger partial charge on any atom is 0.223 e. The van der Waals surface area contributed by atoms with E-state index in [0.717, 1.165) is 24.1 Å². The summed E-state index contributed by atoms with van der Waals surface area (Å²) in [5, 5.41) is 0. The van der Waals surface area contributed by atoms with E-state index in [1.807, 2.05) is 29.2 Å². The first-order valence-corrected chi connectivity index (χ1v) is 6.96. The molecule has 0 spiro atoms. The fourth-order valence-corrected chi connectivity index (χ4v) is 2.66. The maximum atomic E-state index is 11.9. The molecule has 1 atom stereocenters. The molecule has 1 aliphatic heterocycles. The lowest BCUT2D eigenvalue weighted by Crippen LogP contribution is -2.28. The zero-order chi connectivity index (χ0) is 14.5. The van der Waals surface area contributed by atoms with E-state index < -0.39 is 0 Å². The van der Waals surface area contributed by atoms with Gasteiger partial charge in [0.1, 0.15) is 0 Å². The number of hydrogen-bond acceptors (Lipinski definition) is 3. The summed E-state index contributed by atoms with van der Waals surface area (Å²) < 4.78 is 5.02. The van der Waals surface area contributed by atoms with Gasteiger partial charge in [-0.2, -0.15) is 0 Å². The van der Waals surface area contributed by atoms with Crippen LogP contribution in [0.2, 0.25) is 0 Å². The van der Waals surface area contributed by atoms with Crippen LogP contribution in [0.15, 0.2) is 24.3 Å². The Bertz CT molecular complexity index is 498. The van der Waals surface area contributed by atoms with Crippen molar-refractivity contribution in [1.29, 1.82) is 0 Å². The Hall–Kier alpha value is -1.68. The van der Waals surface area contributed by atoms with Gasteiger partial charge >= 0.3 is 0 Å². The van der Waals surface area contributed by atoms with Crippen molar-refractivity contribution in [3.63, 3.8) is 0 Å². The minimum Gasteiger partial charge on any atom is -0.383 e. The lowest BCUT2D eigenvalue weighted by molar-refractivity contribution is -0.128. The number of carbonyl (C=O) groups is 2. The van der Waals surface area contributed by atoms with Crippen LogP contribution >= 0.6 is 0 Å². The van der Waals surface area contributed by atoms with Crippen LogP contribution in [0.1, 0.15) is 29.3 Å². The molecule has 1 unspecified atom stereocenters. The van der Waals surface area contributed by atoms with Gasteiger partial charge in [-0.1, -0.05) is 18.2 Å². The van der Waals surface area contributed by atoms with Crippen molar-refractivity contribution in [1.82, 2.24) is 4.90 Å². The largest absolute Gasteiger partial charge is 0.383 e. The molecule has 0 radical (unpaired) electrons. The lowest BCUT2D eigenvalue weighted by Gasteiger charge is -2.16. The first-order valence-electron chi connectivity index (χ1n) is 6.96. The molecule has 1 aromatic carbocycles. The lowest BCUT2D eigenvalue weighted by atomic mass is 9.96. The van der Waals surface area contributed by atoms with Crippen molar-refractivity contribution >= 4 is 11.7 Å². The van der Waals surface area contributed by atoms with Crippen molar-refractivity contribution in [2.45, 2.75) is 19.8 Å². The highest BCUT2D eigenvalue weighted by atomic mass is 16.5. The predicted molar refractivity (Wildman–Crippen MR) is 76.7 cm³/mol. The van der Waals surface area contributed by atoms with Gasteiger partial charge in [0.05, 0.1) is 6.61 Å². The molecule has 1 aromatic rings. The molecule has 20 heavy (non-hydrogen) atoms. The van der Waals surface area contributed by atoms with Crippen LogP contribution in [0.3, 0.4) is 0 Å². The number of hydrogen-bond donors (Lipinski definition) is 0. The Kier molecular flexibility index (Phi) is 4.90. The van der Waals surface area contributed by atoms with Crippen molar-refractivity contribution in [2.75, 3.05) is 26.8 Å². The molecule has 4 heteroatoms. The fraction of sp³-hybridized carbons (Fsp3) is 0.500. The van der Waals surface area contributed by atoms with Crippen LogP contribution in [0, 0.1) is 5.92 Å². The molecule has 0 saturated carbocycles. The van der Waals surface area contributed by atoms with Crippen molar-refractivity contribution < 1.29 is 14.3 Å². The van der Waals surface area contributed by atoms with E-state index in [1.165, 1.54) is 0 Å². The summed E-state index contributed by atoms with van der Waals surface area (Å²) in [6.45, 7) is 3.61. The number of amides is 1. The third-order valence-electron chi connectivity index (χ3n) is 3.72. The molecule has 1 fully saturated rings. The SMILES string of the molecule is COCCN1CC(Cc2cccc(C(C)=O)c2)CC1=O. The standard InChI is InChI=1S/C16H21NO3/c1-12(18)15-5-3-4-13(9-15)8-14-10-16(19)17(11-14)6-7-20-2/h3-5,9,14H,6-8,10-11H2,1-2H3. The van der Waals surface area contributed by atoms with E-state index in [2.05, 4.69) is 0 Å². The highest BCUT2D eigenvalue weighted by molar-refractivity contribution is 5.94. The molecule has 1 amide bonds. The number of ketones is 1. The molecular formula is C16H21NO3. The highest BCUT2D eigenvalue weighted by Gasteiger charge is 2.29. The second-order valence-electron chi connectivity index (χ2n) is 5.36. The summed E-state index contributed by atoms with van der Waals surface area (Å²) in [4.78, 5) is 25.1. The molecule has 2 rings (SSSR count). The summed E-state index contributed by atoms with van der Waals surface area (Å²) in [5.41, 5.74) is 1.87. The average Bonchev–Trinajstić information content (AvgIpc) is 2.76. The molecule has 0 aliphatic carbocycles. The van der Waals surface area contributed by atoms with Crippen LogP contribution in [-0.2, 0) is 16.0 Å². The average molecular weight is 275 g/mol. The van der Waals surface area contributed by atoms with Crippen LogP contribution in [-0.4, -0.2) is 43.4 Å². The summed E-state index contributed by atoms with van der Waals surface area (Å²) in [5.74, 6) is 0.618. The molecule has 108 valence electrons. The zero-order valence-corrected chi connectivity index (χ0v) is 12.1. The third-order valence-corrected chi connectivity index (χ3v) is 3.72. The maximum absolute atomic E-state index is 11.9. The Balaban J connectivity index is 1.96. The van der Waals surface area contributed by atoms with Gasteiger partial charge in [0.15, 0.2) is 5.78 Å². The van der Waals surface area contributed by atoms with Gasteiger partial charge in [0.25, 0.3) is 0 Å². The van der Waals surface area contributed by atoms with E-state index in [0.29, 0.717) is 25.5 Å². The minimum absolute atomic E-state index is 0.0797. The number of Topliss-reactive ketones (excluding diaryl/α,β-unsaturated/α-hetero) is 1. The molecule has 1 heterocycles. The van der Waals surface area contributed by atoms with E-state index in [4.69, 9.17) is 4.74 Å². The topological polar surface area (TPSA) is 46.6 Å². The van der Waals surface area contributed by atoms with Gasteiger partial charge in [0, 0.05) is 32.2 Å². The number of nitrogens with zero attached hydrogens (tertiary/aromatic N) is 1. The van der Waals surface area contributed by atoms with E-state index >= 15 is 0 Å². The fourth-order valence-electron chi connectivity index (χ4n) is 2.66. The molecule has 0 aromatic heterocycles. The van der Waals surface area contributed by atoms with Crippen LogP contribution < -0.4 is 0 Å². The summed E-state index contributed by atoms with van der Waals surface area (Å²) in [7, 11) is 1.64. The minimum atomic E-state index is 0.0797. The Morgan fingerprint density at radius 2 is 2.25 bits per heavy atom. The molecular weight excluding hydrogens is 254 g/mol. The van der Waals surface area contributed by atoms with Crippen molar-refractivity contribution in [2.24, 2.45) is 5.92 Å². The van der Waals surface area contributed by atoms with Gasteiger partial charge in [0.2, 0.25) is 5.91 Å². The summed E-state index contributed by atoms with van der Waals surface area (Å²) >= 11 is 0. The van der Waals surface area contributed by atoms with Gasteiger partial charge in [-0.25, -0.2) is 0 Å². The van der Waals surface area contributed by atoms with Gasteiger partial charge in [-0.3, -0.25) is 9.59 Å². The highest BCUT2D eigenvalue weighted by Crippen LogP contribution is 2.22. The Morgan fingerprint density at radius 3 is 2.95 bits per heavy atom. The van der Waals surface area contributed by atoms with E-state index in [-0.39, 0.29) is 11.7 Å². The molecule has 4 nitrogen and oxygen atoms in total. The number of methoxy groups -OCH3 is 1. The smallest absolute Gasteiger partial charge is 0.223 e. The Morgan fingerprint density at radius 1 is 1.45 bits per heavy atom. The van der Waals surface area contributed by atoms with Gasteiger partial charge in [-0.15, -0.1) is 0 Å². The van der Waals surface area contributed by atoms with Crippen molar-refractivity contribution in [3.8, 4) is 0 Å². The second kappa shape index (κ2) is 6.66. The van der Waals surface area contributed by atoms with Crippen LogP contribution in [0.4, 0.5) is 0 Å². The summed E-state index contributed by atoms with van der Waals surface area (Å²) in [6, 6.07) is 7.70. The molecule has 0 N–H and O–H groups in total. The van der Waals surface area contributed by atoms with Gasteiger partial charge < -0.3 is 9.64 Å². The predicted octanol–water partition coefficient (Wildman–Crippen LogP) is 1.93. The monoisotopic (exact) mass is 275 g/mol. The Labute approximate surface area is 119 Å². The molecule has 1 saturated heterocycles. The molecule has 1 aliphatic rings. The van der Waals surface area contributed by atoms with E-state index in [9.17, 15) is 9.59 Å². The van der Waals surface area contributed by atoms with Crippen molar-refractivity contribution in [3.05, 3.63) is 35.4 Å². The first-order chi connectivity index (χ1) is 9.60. The molecule has 0 bridgehead atoms. The van der Waals surface area contributed by atoms with Gasteiger partial charge in [-0.05, 0) is 30.9 Å². The quantitative estimate of drug-likeness (QED) is 0.745. The third kappa shape index (κ3) is 3.67. The van der Waals surface area contributed by atoms with Crippen LogP contribution in [0.25, 0.3) is 0 Å². The number of carbonyl (C=O) groups excluding carboxylic acids is 2. The summed E-state index contributed by atoms with van der Waals surface area (Å²) in [6.07, 6.45) is 1.43. The van der Waals surface area contributed by atoms with Crippen LogP contribution in [0.5, 0.6) is 0 Å². The first kappa shape index (κ1) is 14.7. The normalized spacial score (nSPS) is 18.6. The number of likely N-dealkylation sites (tertiary alicyclic amines) is 1. The number of benzene rings is 1.